The average molecular weight is 344 g/mol. The molecule has 0 amide bonds. The lowest BCUT2D eigenvalue weighted by molar-refractivity contribution is 0.584. The van der Waals surface area contributed by atoms with Crippen molar-refractivity contribution in [1.82, 2.24) is 10.2 Å². The Balaban J connectivity index is 1.94. The minimum atomic E-state index is 0.521. The Bertz CT molecular complexity index is 750. The quantitative estimate of drug-likeness (QED) is 0.713. The molecule has 0 radical (unpaired) electrons. The zero-order valence-corrected chi connectivity index (χ0v) is 13.3. The maximum Gasteiger partial charge on any atom is 0.248 e. The summed E-state index contributed by atoms with van der Waals surface area (Å²) in [6.45, 7) is 0. The van der Waals surface area contributed by atoms with Crippen LogP contribution in [0, 0.1) is 0 Å². The van der Waals surface area contributed by atoms with Gasteiger partial charge in [-0.05, 0) is 42.5 Å². The molecule has 0 fully saturated rings. The van der Waals surface area contributed by atoms with E-state index in [-0.39, 0.29) is 0 Å². The zero-order chi connectivity index (χ0) is 14.8. The molecule has 1 heterocycles. The second-order valence-electron chi connectivity index (χ2n) is 4.86. The van der Waals surface area contributed by atoms with E-state index in [1.54, 1.807) is 0 Å². The zero-order valence-electron chi connectivity index (χ0n) is 11.7. The monoisotopic (exact) mass is 343 g/mol. The van der Waals surface area contributed by atoms with Gasteiger partial charge in [0.1, 0.15) is 0 Å². The highest BCUT2D eigenvalue weighted by Crippen LogP contribution is 2.26. The Morgan fingerprint density at radius 2 is 1.57 bits per heavy atom. The summed E-state index contributed by atoms with van der Waals surface area (Å²) in [4.78, 5) is 2.04. The third-order valence-corrected chi connectivity index (χ3v) is 3.65. The molecule has 0 bridgehead atoms. The Hall–Kier alpha value is -2.14. The van der Waals surface area contributed by atoms with Gasteiger partial charge in [0, 0.05) is 35.4 Å². The molecule has 3 rings (SSSR count). The summed E-state index contributed by atoms with van der Waals surface area (Å²) < 4.78 is 6.79. The minimum absolute atomic E-state index is 0.521. The van der Waals surface area contributed by atoms with Crippen LogP contribution in [0.2, 0.25) is 0 Å². The largest absolute Gasteiger partial charge is 0.416 e. The first kappa shape index (κ1) is 13.8. The molecular weight excluding hydrogens is 330 g/mol. The van der Waals surface area contributed by atoms with Crippen molar-refractivity contribution in [2.75, 3.05) is 19.0 Å². The summed E-state index contributed by atoms with van der Waals surface area (Å²) in [5.41, 5.74) is 2.91. The topological polar surface area (TPSA) is 42.2 Å². The van der Waals surface area contributed by atoms with Gasteiger partial charge in [-0.3, -0.25) is 0 Å². The van der Waals surface area contributed by atoms with Crippen LogP contribution < -0.4 is 4.90 Å². The number of aromatic nitrogens is 2. The SMILES string of the molecule is CN(C)c1cccc(-c2nnc(-c3ccc(Br)cc3)o2)c1. The smallest absolute Gasteiger partial charge is 0.248 e. The summed E-state index contributed by atoms with van der Waals surface area (Å²) in [5.74, 6) is 1.05. The van der Waals surface area contributed by atoms with Crippen molar-refractivity contribution >= 4 is 21.6 Å². The molecule has 0 spiro atoms. The molecule has 21 heavy (non-hydrogen) atoms. The molecular formula is C16H14BrN3O. The highest BCUT2D eigenvalue weighted by molar-refractivity contribution is 9.10. The van der Waals surface area contributed by atoms with Crippen LogP contribution in [-0.2, 0) is 0 Å². The lowest BCUT2D eigenvalue weighted by Crippen LogP contribution is -2.08. The fourth-order valence-corrected chi connectivity index (χ4v) is 2.23. The van der Waals surface area contributed by atoms with E-state index in [1.165, 1.54) is 0 Å². The van der Waals surface area contributed by atoms with Crippen LogP contribution in [0.15, 0.2) is 57.4 Å². The highest BCUT2D eigenvalue weighted by atomic mass is 79.9. The summed E-state index contributed by atoms with van der Waals surface area (Å²) >= 11 is 3.41. The Morgan fingerprint density at radius 1 is 0.905 bits per heavy atom. The van der Waals surface area contributed by atoms with E-state index in [9.17, 15) is 0 Å². The summed E-state index contributed by atoms with van der Waals surface area (Å²) in [7, 11) is 4.00. The Kier molecular flexibility index (Phi) is 3.75. The van der Waals surface area contributed by atoms with E-state index >= 15 is 0 Å². The minimum Gasteiger partial charge on any atom is -0.416 e. The van der Waals surface area contributed by atoms with Crippen molar-refractivity contribution in [3.05, 3.63) is 53.0 Å². The van der Waals surface area contributed by atoms with Gasteiger partial charge >= 0.3 is 0 Å². The van der Waals surface area contributed by atoms with Gasteiger partial charge < -0.3 is 9.32 Å². The number of hydrogen-bond donors (Lipinski definition) is 0. The van der Waals surface area contributed by atoms with E-state index in [0.717, 1.165) is 21.3 Å². The summed E-state index contributed by atoms with van der Waals surface area (Å²) in [6, 6.07) is 15.8. The van der Waals surface area contributed by atoms with Gasteiger partial charge in [0.2, 0.25) is 11.8 Å². The standard InChI is InChI=1S/C16H14BrN3O/c1-20(2)14-5-3-4-12(10-14)16-19-18-15(21-16)11-6-8-13(17)9-7-11/h3-10H,1-2H3. The molecule has 0 unspecified atom stereocenters. The predicted octanol–water partition coefficient (Wildman–Crippen LogP) is 4.23. The van der Waals surface area contributed by atoms with E-state index in [0.29, 0.717) is 11.8 Å². The number of halogens is 1. The molecule has 0 saturated carbocycles. The van der Waals surface area contributed by atoms with Gasteiger partial charge in [-0.2, -0.15) is 0 Å². The average Bonchev–Trinajstić information content (AvgIpc) is 2.98. The number of anilines is 1. The third-order valence-electron chi connectivity index (χ3n) is 3.13. The molecule has 0 saturated heterocycles. The molecule has 1 aromatic heterocycles. The van der Waals surface area contributed by atoms with Gasteiger partial charge in [-0.15, -0.1) is 10.2 Å². The first-order valence-corrected chi connectivity index (χ1v) is 7.30. The third kappa shape index (κ3) is 2.97. The number of rotatable bonds is 3. The van der Waals surface area contributed by atoms with E-state index in [4.69, 9.17) is 4.42 Å². The lowest BCUT2D eigenvalue weighted by Gasteiger charge is -2.12. The van der Waals surface area contributed by atoms with Crippen LogP contribution in [0.4, 0.5) is 5.69 Å². The maximum atomic E-state index is 5.77. The lowest BCUT2D eigenvalue weighted by atomic mass is 10.2. The highest BCUT2D eigenvalue weighted by Gasteiger charge is 2.11. The Labute approximate surface area is 131 Å². The van der Waals surface area contributed by atoms with Crippen molar-refractivity contribution < 1.29 is 4.42 Å². The van der Waals surface area contributed by atoms with Crippen LogP contribution in [-0.4, -0.2) is 24.3 Å². The predicted molar refractivity (Wildman–Crippen MR) is 87.2 cm³/mol. The summed E-state index contributed by atoms with van der Waals surface area (Å²) in [5, 5.41) is 8.26. The number of nitrogens with zero attached hydrogens (tertiary/aromatic N) is 3. The molecule has 0 atom stereocenters. The molecule has 5 heteroatoms. The van der Waals surface area contributed by atoms with Crippen molar-refractivity contribution in [3.63, 3.8) is 0 Å². The molecule has 2 aromatic carbocycles. The van der Waals surface area contributed by atoms with Crippen molar-refractivity contribution in [2.45, 2.75) is 0 Å². The Morgan fingerprint density at radius 3 is 2.24 bits per heavy atom. The van der Waals surface area contributed by atoms with Gasteiger partial charge in [0.05, 0.1) is 0 Å². The van der Waals surface area contributed by atoms with Crippen molar-refractivity contribution in [3.8, 4) is 22.9 Å². The van der Waals surface area contributed by atoms with Crippen molar-refractivity contribution in [1.29, 1.82) is 0 Å². The molecule has 106 valence electrons. The van der Waals surface area contributed by atoms with E-state index in [2.05, 4.69) is 26.1 Å². The van der Waals surface area contributed by atoms with Crippen molar-refractivity contribution in [2.24, 2.45) is 0 Å². The maximum absolute atomic E-state index is 5.77. The van der Waals surface area contributed by atoms with E-state index < -0.39 is 0 Å². The van der Waals surface area contributed by atoms with Crippen LogP contribution in [0.1, 0.15) is 0 Å². The molecule has 0 aliphatic rings. The molecule has 0 aliphatic heterocycles. The second kappa shape index (κ2) is 5.69. The number of hydrogen-bond acceptors (Lipinski definition) is 4. The first-order valence-electron chi connectivity index (χ1n) is 6.51. The fourth-order valence-electron chi connectivity index (χ4n) is 1.97. The second-order valence-corrected chi connectivity index (χ2v) is 5.78. The van der Waals surface area contributed by atoms with Gasteiger partial charge in [0.25, 0.3) is 0 Å². The van der Waals surface area contributed by atoms with Gasteiger partial charge in [0.15, 0.2) is 0 Å². The number of benzene rings is 2. The van der Waals surface area contributed by atoms with Gasteiger partial charge in [-0.1, -0.05) is 22.0 Å². The van der Waals surface area contributed by atoms with Crippen LogP contribution in [0.5, 0.6) is 0 Å². The van der Waals surface area contributed by atoms with E-state index in [1.807, 2.05) is 67.5 Å². The van der Waals surface area contributed by atoms with Crippen LogP contribution in [0.25, 0.3) is 22.9 Å². The fraction of sp³-hybridized carbons (Fsp3) is 0.125. The van der Waals surface area contributed by atoms with Crippen LogP contribution in [0.3, 0.4) is 0 Å². The van der Waals surface area contributed by atoms with Crippen LogP contribution >= 0.6 is 15.9 Å². The normalized spacial score (nSPS) is 10.6. The summed E-state index contributed by atoms with van der Waals surface area (Å²) in [6.07, 6.45) is 0. The molecule has 0 N–H and O–H groups in total. The molecule has 3 aromatic rings. The first-order chi connectivity index (χ1) is 10.1. The molecule has 0 aliphatic carbocycles. The molecule has 4 nitrogen and oxygen atoms in total. The van der Waals surface area contributed by atoms with Gasteiger partial charge in [-0.25, -0.2) is 0 Å².